The van der Waals surface area contributed by atoms with Gasteiger partial charge in [0.25, 0.3) is 5.91 Å². The number of likely N-dealkylation sites (tertiary alicyclic amines) is 1. The third-order valence-electron chi connectivity index (χ3n) is 3.39. The van der Waals surface area contributed by atoms with Crippen LogP contribution in [0.1, 0.15) is 16.8 Å². The molecule has 0 bridgehead atoms. The fourth-order valence-electron chi connectivity index (χ4n) is 2.18. The van der Waals surface area contributed by atoms with E-state index >= 15 is 0 Å². The van der Waals surface area contributed by atoms with Gasteiger partial charge in [-0.05, 0) is 25.6 Å². The predicted octanol–water partition coefficient (Wildman–Crippen LogP) is 0.659. The molecule has 1 aliphatic heterocycles. The molecular formula is C14H20ClN3O2. The largest absolute Gasteiger partial charge is 0.343 e. The van der Waals surface area contributed by atoms with Crippen LogP contribution in [0.4, 0.5) is 0 Å². The fraction of sp³-hybridized carbons (Fsp3) is 0.429. The van der Waals surface area contributed by atoms with Crippen molar-refractivity contribution in [2.75, 3.05) is 26.7 Å². The van der Waals surface area contributed by atoms with Gasteiger partial charge in [-0.1, -0.05) is 18.2 Å². The van der Waals surface area contributed by atoms with E-state index in [1.54, 1.807) is 29.2 Å². The van der Waals surface area contributed by atoms with E-state index in [1.807, 2.05) is 13.1 Å². The van der Waals surface area contributed by atoms with Gasteiger partial charge in [-0.15, -0.1) is 12.4 Å². The Labute approximate surface area is 125 Å². The number of hydrogen-bond acceptors (Lipinski definition) is 3. The molecule has 0 aromatic heterocycles. The average Bonchev–Trinajstić information content (AvgIpc) is 2.94. The number of likely N-dealkylation sites (N-methyl/N-ethyl adjacent to an activating group) is 1. The molecule has 0 radical (unpaired) electrons. The van der Waals surface area contributed by atoms with Crippen LogP contribution in [0.2, 0.25) is 0 Å². The monoisotopic (exact) mass is 297 g/mol. The van der Waals surface area contributed by atoms with Crippen LogP contribution in [0.15, 0.2) is 30.3 Å². The second kappa shape index (κ2) is 7.87. The highest BCUT2D eigenvalue weighted by molar-refractivity contribution is 5.96. The van der Waals surface area contributed by atoms with Crippen LogP contribution in [-0.4, -0.2) is 49.4 Å². The summed E-state index contributed by atoms with van der Waals surface area (Å²) < 4.78 is 0. The second-order valence-corrected chi connectivity index (χ2v) is 4.66. The molecule has 5 nitrogen and oxygen atoms in total. The van der Waals surface area contributed by atoms with Crippen molar-refractivity contribution in [2.45, 2.75) is 12.5 Å². The molecule has 0 saturated carbocycles. The Bertz CT molecular complexity index is 453. The lowest BCUT2D eigenvalue weighted by molar-refractivity contribution is -0.129. The molecule has 1 aromatic rings. The van der Waals surface area contributed by atoms with E-state index in [1.165, 1.54) is 0 Å². The van der Waals surface area contributed by atoms with Crippen molar-refractivity contribution in [2.24, 2.45) is 0 Å². The minimum absolute atomic E-state index is 0. The molecule has 1 saturated heterocycles. The van der Waals surface area contributed by atoms with Gasteiger partial charge in [0.05, 0.1) is 6.54 Å². The topological polar surface area (TPSA) is 61.4 Å². The standard InChI is InChI=1S/C14H19N3O2.ClH/c1-15-12-7-8-17(10-12)13(18)9-16-14(19)11-5-3-2-4-6-11;/h2-6,12,15H,7-10H2,1H3,(H,16,19);1H. The maximum atomic E-state index is 11.9. The minimum Gasteiger partial charge on any atom is -0.343 e. The minimum atomic E-state index is -0.210. The summed E-state index contributed by atoms with van der Waals surface area (Å²) in [6.45, 7) is 1.53. The highest BCUT2D eigenvalue weighted by atomic mass is 35.5. The van der Waals surface area contributed by atoms with Gasteiger partial charge in [0.1, 0.15) is 0 Å². The Morgan fingerprint density at radius 2 is 2.00 bits per heavy atom. The number of nitrogens with one attached hydrogen (secondary N) is 2. The van der Waals surface area contributed by atoms with Crippen molar-refractivity contribution in [1.82, 2.24) is 15.5 Å². The molecule has 20 heavy (non-hydrogen) atoms. The van der Waals surface area contributed by atoms with Gasteiger partial charge in [0, 0.05) is 24.7 Å². The molecule has 0 aliphatic carbocycles. The molecule has 0 spiro atoms. The summed E-state index contributed by atoms with van der Waals surface area (Å²) in [6.07, 6.45) is 0.967. The molecular weight excluding hydrogens is 278 g/mol. The number of carbonyl (C=O) groups is 2. The summed E-state index contributed by atoms with van der Waals surface area (Å²) in [5.41, 5.74) is 0.574. The lowest BCUT2D eigenvalue weighted by Gasteiger charge is -2.16. The lowest BCUT2D eigenvalue weighted by Crippen LogP contribution is -2.40. The van der Waals surface area contributed by atoms with Crippen LogP contribution in [-0.2, 0) is 4.79 Å². The summed E-state index contributed by atoms with van der Waals surface area (Å²) in [5.74, 6) is -0.236. The van der Waals surface area contributed by atoms with Gasteiger partial charge in [-0.3, -0.25) is 9.59 Å². The van der Waals surface area contributed by atoms with Crippen LogP contribution >= 0.6 is 12.4 Å². The van der Waals surface area contributed by atoms with Gasteiger partial charge in [-0.2, -0.15) is 0 Å². The number of benzene rings is 1. The van der Waals surface area contributed by atoms with E-state index in [4.69, 9.17) is 0 Å². The SMILES string of the molecule is CNC1CCN(C(=O)CNC(=O)c2ccccc2)C1.Cl. The Balaban J connectivity index is 0.00000200. The normalized spacial score (nSPS) is 17.4. The van der Waals surface area contributed by atoms with Crippen LogP contribution in [0.25, 0.3) is 0 Å². The second-order valence-electron chi connectivity index (χ2n) is 4.66. The molecule has 2 N–H and O–H groups in total. The third kappa shape index (κ3) is 4.21. The van der Waals surface area contributed by atoms with Crippen molar-refractivity contribution in [1.29, 1.82) is 0 Å². The van der Waals surface area contributed by atoms with Crippen molar-refractivity contribution in [3.05, 3.63) is 35.9 Å². The summed E-state index contributed by atoms with van der Waals surface area (Å²) in [5, 5.41) is 5.82. The lowest BCUT2D eigenvalue weighted by atomic mass is 10.2. The number of nitrogens with zero attached hydrogens (tertiary/aromatic N) is 1. The van der Waals surface area contributed by atoms with Crippen LogP contribution in [0.5, 0.6) is 0 Å². The first-order chi connectivity index (χ1) is 9.20. The Morgan fingerprint density at radius 1 is 1.30 bits per heavy atom. The maximum Gasteiger partial charge on any atom is 0.251 e. The molecule has 2 rings (SSSR count). The zero-order valence-electron chi connectivity index (χ0n) is 11.5. The van der Waals surface area contributed by atoms with Crippen molar-refractivity contribution in [3.8, 4) is 0 Å². The first-order valence-electron chi connectivity index (χ1n) is 6.49. The maximum absolute atomic E-state index is 11.9. The number of rotatable bonds is 4. The summed E-state index contributed by atoms with van der Waals surface area (Å²) in [7, 11) is 1.90. The van der Waals surface area contributed by atoms with Crippen LogP contribution < -0.4 is 10.6 Å². The Morgan fingerprint density at radius 3 is 2.60 bits per heavy atom. The average molecular weight is 298 g/mol. The number of amides is 2. The van der Waals surface area contributed by atoms with Crippen molar-refractivity contribution < 1.29 is 9.59 Å². The first-order valence-corrected chi connectivity index (χ1v) is 6.49. The summed E-state index contributed by atoms with van der Waals surface area (Å²) in [4.78, 5) is 25.5. The molecule has 110 valence electrons. The molecule has 6 heteroatoms. The van der Waals surface area contributed by atoms with E-state index in [0.29, 0.717) is 11.6 Å². The molecule has 1 fully saturated rings. The van der Waals surface area contributed by atoms with E-state index in [2.05, 4.69) is 10.6 Å². The number of carbonyl (C=O) groups excluding carboxylic acids is 2. The summed E-state index contributed by atoms with van der Waals surface area (Å²) >= 11 is 0. The molecule has 1 unspecified atom stereocenters. The highest BCUT2D eigenvalue weighted by Crippen LogP contribution is 2.08. The van der Waals surface area contributed by atoms with Crippen molar-refractivity contribution >= 4 is 24.2 Å². The smallest absolute Gasteiger partial charge is 0.251 e. The van der Waals surface area contributed by atoms with Crippen molar-refractivity contribution in [3.63, 3.8) is 0 Å². The molecule has 1 heterocycles. The Hall–Kier alpha value is -1.59. The highest BCUT2D eigenvalue weighted by Gasteiger charge is 2.24. The molecule has 1 aliphatic rings. The van der Waals surface area contributed by atoms with Crippen LogP contribution in [0, 0.1) is 0 Å². The van der Waals surface area contributed by atoms with E-state index in [9.17, 15) is 9.59 Å². The van der Waals surface area contributed by atoms with E-state index in [0.717, 1.165) is 19.5 Å². The molecule has 2 amide bonds. The van der Waals surface area contributed by atoms with Gasteiger partial charge in [0.15, 0.2) is 0 Å². The van der Waals surface area contributed by atoms with E-state index in [-0.39, 0.29) is 30.8 Å². The quantitative estimate of drug-likeness (QED) is 0.858. The molecule has 1 atom stereocenters. The number of hydrogen-bond donors (Lipinski definition) is 2. The third-order valence-corrected chi connectivity index (χ3v) is 3.39. The van der Waals surface area contributed by atoms with Gasteiger partial charge in [0.2, 0.25) is 5.91 Å². The Kier molecular flexibility index (Phi) is 6.48. The molecule has 1 aromatic carbocycles. The zero-order valence-corrected chi connectivity index (χ0v) is 12.3. The van der Waals surface area contributed by atoms with Gasteiger partial charge >= 0.3 is 0 Å². The fourth-order valence-corrected chi connectivity index (χ4v) is 2.18. The van der Waals surface area contributed by atoms with Gasteiger partial charge in [-0.25, -0.2) is 0 Å². The van der Waals surface area contributed by atoms with E-state index < -0.39 is 0 Å². The zero-order chi connectivity index (χ0) is 13.7. The van der Waals surface area contributed by atoms with Gasteiger partial charge < -0.3 is 15.5 Å². The first kappa shape index (κ1) is 16.5. The van der Waals surface area contributed by atoms with Crippen LogP contribution in [0.3, 0.4) is 0 Å². The number of halogens is 1. The summed E-state index contributed by atoms with van der Waals surface area (Å²) in [6, 6.07) is 9.28. The predicted molar refractivity (Wildman–Crippen MR) is 80.1 cm³/mol.